The molecule has 0 radical (unpaired) electrons. The molecule has 3 N–H and O–H groups in total. The third-order valence-corrected chi connectivity index (χ3v) is 4.64. The number of carbonyl (C=O) groups excluding carboxylic acids is 1. The number of carbonyl (C=O) groups is 1. The van der Waals surface area contributed by atoms with Crippen LogP contribution in [0.4, 0.5) is 0 Å². The molecule has 1 heterocycles. The highest BCUT2D eigenvalue weighted by Crippen LogP contribution is 2.32. The number of rotatable bonds is 6. The molecule has 3 rings (SSSR count). The number of nitrogens with zero attached hydrogens (tertiary/aromatic N) is 2. The number of nitrogens with one attached hydrogen (secondary N) is 1. The molecular weight excluding hydrogens is 336 g/mol. The standard InChI is InChI=1S/C19H26N4O.ClH/c1-12(2)18-16(19(24)22-17(10-20)14-6-7-14)11-21-23(18)15-8-4-13(3)5-9-15;/h4-5,8-9,11-12,14,17H,6-7,10,20H2,1-3H3,(H,22,24);1H. The van der Waals surface area contributed by atoms with Crippen LogP contribution in [0.2, 0.25) is 0 Å². The van der Waals surface area contributed by atoms with Gasteiger partial charge in [0, 0.05) is 12.6 Å². The van der Waals surface area contributed by atoms with Crippen molar-refractivity contribution in [3.05, 3.63) is 47.3 Å². The van der Waals surface area contributed by atoms with Crippen LogP contribution in [0.25, 0.3) is 5.69 Å². The average molecular weight is 363 g/mol. The van der Waals surface area contributed by atoms with E-state index in [1.165, 1.54) is 5.56 Å². The monoisotopic (exact) mass is 362 g/mol. The van der Waals surface area contributed by atoms with Gasteiger partial charge in [0.2, 0.25) is 0 Å². The Kier molecular flexibility index (Phi) is 6.25. The van der Waals surface area contributed by atoms with E-state index in [0.29, 0.717) is 18.0 Å². The summed E-state index contributed by atoms with van der Waals surface area (Å²) in [5.74, 6) is 0.653. The highest BCUT2D eigenvalue weighted by Gasteiger charge is 2.32. The minimum absolute atomic E-state index is 0. The molecule has 1 aliphatic rings. The van der Waals surface area contributed by atoms with Crippen LogP contribution in [0.1, 0.15) is 54.2 Å². The predicted molar refractivity (Wildman–Crippen MR) is 103 cm³/mol. The summed E-state index contributed by atoms with van der Waals surface area (Å²) in [7, 11) is 0. The first-order chi connectivity index (χ1) is 11.5. The van der Waals surface area contributed by atoms with E-state index in [1.54, 1.807) is 6.20 Å². The Morgan fingerprint density at radius 3 is 2.48 bits per heavy atom. The molecule has 1 amide bonds. The van der Waals surface area contributed by atoms with Gasteiger partial charge in [0.1, 0.15) is 0 Å². The summed E-state index contributed by atoms with van der Waals surface area (Å²) in [6.45, 7) is 6.71. The van der Waals surface area contributed by atoms with Gasteiger partial charge in [0.15, 0.2) is 0 Å². The largest absolute Gasteiger partial charge is 0.348 e. The van der Waals surface area contributed by atoms with E-state index in [-0.39, 0.29) is 30.3 Å². The topological polar surface area (TPSA) is 72.9 Å². The van der Waals surface area contributed by atoms with Crippen LogP contribution in [0.5, 0.6) is 0 Å². The molecular formula is C19H27ClN4O. The smallest absolute Gasteiger partial charge is 0.255 e. The minimum atomic E-state index is -0.0700. The molecule has 0 saturated heterocycles. The first kappa shape index (κ1) is 19.5. The van der Waals surface area contributed by atoms with Crippen molar-refractivity contribution in [2.75, 3.05) is 6.54 Å². The number of benzene rings is 1. The van der Waals surface area contributed by atoms with Gasteiger partial charge >= 0.3 is 0 Å². The molecule has 136 valence electrons. The van der Waals surface area contributed by atoms with Crippen LogP contribution in [0.3, 0.4) is 0 Å². The number of aryl methyl sites for hydroxylation is 1. The van der Waals surface area contributed by atoms with E-state index in [0.717, 1.165) is 24.2 Å². The van der Waals surface area contributed by atoms with Crippen molar-refractivity contribution in [2.24, 2.45) is 11.7 Å². The third-order valence-electron chi connectivity index (χ3n) is 4.64. The van der Waals surface area contributed by atoms with Gasteiger partial charge in [-0.15, -0.1) is 12.4 Å². The van der Waals surface area contributed by atoms with Crippen LogP contribution in [0, 0.1) is 12.8 Å². The van der Waals surface area contributed by atoms with Crippen LogP contribution in [-0.4, -0.2) is 28.3 Å². The zero-order valence-electron chi connectivity index (χ0n) is 15.0. The molecule has 1 aliphatic carbocycles. The van der Waals surface area contributed by atoms with Crippen LogP contribution in [-0.2, 0) is 0 Å². The molecule has 1 atom stereocenters. The lowest BCUT2D eigenvalue weighted by Crippen LogP contribution is -2.42. The highest BCUT2D eigenvalue weighted by atomic mass is 35.5. The van der Waals surface area contributed by atoms with Gasteiger partial charge in [-0.1, -0.05) is 31.5 Å². The molecule has 1 aromatic heterocycles. The molecule has 2 aromatic rings. The quantitative estimate of drug-likeness (QED) is 0.828. The molecule has 1 unspecified atom stereocenters. The summed E-state index contributed by atoms with van der Waals surface area (Å²) in [6.07, 6.45) is 3.98. The third kappa shape index (κ3) is 4.22. The van der Waals surface area contributed by atoms with Crippen molar-refractivity contribution in [1.82, 2.24) is 15.1 Å². The van der Waals surface area contributed by atoms with Gasteiger partial charge in [-0.2, -0.15) is 5.10 Å². The fourth-order valence-corrected chi connectivity index (χ4v) is 3.09. The zero-order chi connectivity index (χ0) is 17.3. The summed E-state index contributed by atoms with van der Waals surface area (Å²) in [5, 5.41) is 7.57. The van der Waals surface area contributed by atoms with Gasteiger partial charge in [-0.05, 0) is 43.7 Å². The molecule has 1 aromatic carbocycles. The Bertz CT molecular complexity index is 720. The van der Waals surface area contributed by atoms with Crippen LogP contribution >= 0.6 is 12.4 Å². The Hall–Kier alpha value is -1.85. The molecule has 0 bridgehead atoms. The number of hydrogen-bond donors (Lipinski definition) is 2. The van der Waals surface area contributed by atoms with Gasteiger partial charge in [-0.25, -0.2) is 4.68 Å². The van der Waals surface area contributed by atoms with Crippen molar-refractivity contribution < 1.29 is 4.79 Å². The molecule has 0 aliphatic heterocycles. The van der Waals surface area contributed by atoms with Gasteiger partial charge in [-0.3, -0.25) is 4.79 Å². The second-order valence-electron chi connectivity index (χ2n) is 7.00. The van der Waals surface area contributed by atoms with E-state index < -0.39 is 0 Å². The van der Waals surface area contributed by atoms with E-state index in [1.807, 2.05) is 16.8 Å². The van der Waals surface area contributed by atoms with E-state index >= 15 is 0 Å². The normalized spacial score (nSPS) is 14.9. The van der Waals surface area contributed by atoms with Crippen molar-refractivity contribution in [1.29, 1.82) is 0 Å². The summed E-state index contributed by atoms with van der Waals surface area (Å²) < 4.78 is 1.87. The summed E-state index contributed by atoms with van der Waals surface area (Å²) in [6, 6.07) is 8.24. The fourth-order valence-electron chi connectivity index (χ4n) is 3.09. The van der Waals surface area contributed by atoms with E-state index in [4.69, 9.17) is 5.73 Å². The number of halogens is 1. The summed E-state index contributed by atoms with van der Waals surface area (Å²) in [4.78, 5) is 12.8. The second-order valence-corrected chi connectivity index (χ2v) is 7.00. The van der Waals surface area contributed by atoms with E-state index in [2.05, 4.69) is 43.3 Å². The maximum atomic E-state index is 12.8. The fraction of sp³-hybridized carbons (Fsp3) is 0.474. The van der Waals surface area contributed by atoms with Crippen molar-refractivity contribution in [3.63, 3.8) is 0 Å². The lowest BCUT2D eigenvalue weighted by molar-refractivity contribution is 0.0932. The first-order valence-corrected chi connectivity index (χ1v) is 8.67. The Morgan fingerprint density at radius 2 is 1.96 bits per heavy atom. The number of hydrogen-bond acceptors (Lipinski definition) is 3. The average Bonchev–Trinajstić information content (AvgIpc) is 3.30. The number of amides is 1. The van der Waals surface area contributed by atoms with Crippen molar-refractivity contribution in [2.45, 2.75) is 45.6 Å². The maximum Gasteiger partial charge on any atom is 0.255 e. The molecule has 1 fully saturated rings. The van der Waals surface area contributed by atoms with Crippen molar-refractivity contribution in [3.8, 4) is 5.69 Å². The van der Waals surface area contributed by atoms with Gasteiger partial charge in [0.05, 0.1) is 23.1 Å². The van der Waals surface area contributed by atoms with Crippen LogP contribution < -0.4 is 11.1 Å². The number of aromatic nitrogens is 2. The Labute approximate surface area is 155 Å². The lowest BCUT2D eigenvalue weighted by atomic mass is 10.0. The summed E-state index contributed by atoms with van der Waals surface area (Å²) in [5.41, 5.74) is 9.56. The number of nitrogens with two attached hydrogens (primary N) is 1. The van der Waals surface area contributed by atoms with Crippen LogP contribution in [0.15, 0.2) is 30.5 Å². The highest BCUT2D eigenvalue weighted by molar-refractivity contribution is 5.95. The van der Waals surface area contributed by atoms with E-state index in [9.17, 15) is 4.79 Å². The minimum Gasteiger partial charge on any atom is -0.348 e. The molecule has 0 spiro atoms. The Balaban J connectivity index is 0.00000225. The molecule has 5 nitrogen and oxygen atoms in total. The SMILES string of the molecule is Cc1ccc(-n2ncc(C(=O)NC(CN)C3CC3)c2C(C)C)cc1.Cl. The van der Waals surface area contributed by atoms with Gasteiger partial charge < -0.3 is 11.1 Å². The lowest BCUT2D eigenvalue weighted by Gasteiger charge is -2.17. The predicted octanol–water partition coefficient (Wildman–Crippen LogP) is 3.19. The van der Waals surface area contributed by atoms with Gasteiger partial charge in [0.25, 0.3) is 5.91 Å². The van der Waals surface area contributed by atoms with Crippen molar-refractivity contribution >= 4 is 18.3 Å². The summed E-state index contributed by atoms with van der Waals surface area (Å²) >= 11 is 0. The first-order valence-electron chi connectivity index (χ1n) is 8.67. The molecule has 6 heteroatoms. The molecule has 25 heavy (non-hydrogen) atoms. The second kappa shape index (κ2) is 8.02. The Morgan fingerprint density at radius 1 is 1.32 bits per heavy atom. The zero-order valence-corrected chi connectivity index (χ0v) is 15.8. The maximum absolute atomic E-state index is 12.8. The molecule has 1 saturated carbocycles.